The molecule has 0 aliphatic heterocycles. The summed E-state index contributed by atoms with van der Waals surface area (Å²) in [7, 11) is 0. The summed E-state index contributed by atoms with van der Waals surface area (Å²) in [6, 6.07) is -0.0573. The molecule has 0 unspecified atom stereocenters. The lowest BCUT2D eigenvalue weighted by Crippen LogP contribution is -2.37. The molecule has 0 aromatic rings. The Labute approximate surface area is 82.4 Å². The minimum absolute atomic E-state index is 0.0573. The zero-order valence-corrected chi connectivity index (χ0v) is 9.19. The predicted molar refractivity (Wildman–Crippen MR) is 58.2 cm³/mol. The third kappa shape index (κ3) is 8.07. The lowest BCUT2D eigenvalue weighted by molar-refractivity contribution is 0.242. The molecule has 0 saturated carbocycles. The van der Waals surface area contributed by atoms with E-state index < -0.39 is 0 Å². The van der Waals surface area contributed by atoms with Crippen LogP contribution in [0.15, 0.2) is 0 Å². The fraction of sp³-hybridized carbons (Fsp3) is 0.857. The Morgan fingerprint density at radius 2 is 1.50 bits per heavy atom. The average molecular weight is 208 g/mol. The second-order valence-corrected chi connectivity index (χ2v) is 4.14. The molecule has 0 saturated heterocycles. The third-order valence-corrected chi connectivity index (χ3v) is 2.41. The van der Waals surface area contributed by atoms with E-state index in [1.807, 2.05) is 12.5 Å². The van der Waals surface area contributed by atoms with E-state index in [4.69, 9.17) is 0 Å². The second kappa shape index (κ2) is 9.06. The molecular weight excluding hydrogens is 192 g/mol. The van der Waals surface area contributed by atoms with E-state index in [0.717, 1.165) is 24.6 Å². The Morgan fingerprint density at radius 3 is 1.83 bits per heavy atom. The van der Waals surface area contributed by atoms with Gasteiger partial charge in [0.2, 0.25) is 0 Å². The van der Waals surface area contributed by atoms with Crippen LogP contribution in [0.2, 0.25) is 0 Å². The lowest BCUT2D eigenvalue weighted by Gasteiger charge is -2.05. The van der Waals surface area contributed by atoms with Crippen LogP contribution < -0.4 is 10.6 Å². The van der Waals surface area contributed by atoms with Gasteiger partial charge in [-0.15, -0.1) is 0 Å². The molecule has 0 radical (unpaired) electrons. The first-order chi connectivity index (χ1) is 5.81. The van der Waals surface area contributed by atoms with Gasteiger partial charge in [-0.3, -0.25) is 0 Å². The molecule has 2 amide bonds. The summed E-state index contributed by atoms with van der Waals surface area (Å²) in [6.07, 6.45) is 4.04. The molecule has 0 bridgehead atoms. The van der Waals surface area contributed by atoms with Crippen LogP contribution in [0.1, 0.15) is 0 Å². The highest BCUT2D eigenvalue weighted by molar-refractivity contribution is 7.98. The van der Waals surface area contributed by atoms with E-state index >= 15 is 0 Å². The summed E-state index contributed by atoms with van der Waals surface area (Å²) in [5.74, 6) is 1.94. The van der Waals surface area contributed by atoms with Crippen LogP contribution in [0.4, 0.5) is 4.79 Å². The van der Waals surface area contributed by atoms with Crippen LogP contribution in [0.3, 0.4) is 0 Å². The second-order valence-electron chi connectivity index (χ2n) is 2.17. The van der Waals surface area contributed by atoms with Crippen molar-refractivity contribution in [3.8, 4) is 0 Å². The quantitative estimate of drug-likeness (QED) is 0.640. The van der Waals surface area contributed by atoms with Gasteiger partial charge in [0.1, 0.15) is 0 Å². The van der Waals surface area contributed by atoms with Crippen LogP contribution in [0.5, 0.6) is 0 Å². The number of thioether (sulfide) groups is 2. The maximum atomic E-state index is 11.0. The van der Waals surface area contributed by atoms with Gasteiger partial charge in [-0.25, -0.2) is 4.79 Å². The maximum Gasteiger partial charge on any atom is 0.314 e. The molecule has 0 atom stereocenters. The Balaban J connectivity index is 3.10. The smallest absolute Gasteiger partial charge is 0.314 e. The largest absolute Gasteiger partial charge is 0.337 e. The first-order valence-corrected chi connectivity index (χ1v) is 6.59. The SMILES string of the molecule is CSCCNC(=O)NCCSC. The van der Waals surface area contributed by atoms with Gasteiger partial charge in [0.05, 0.1) is 0 Å². The first kappa shape index (κ1) is 12.0. The van der Waals surface area contributed by atoms with Crippen LogP contribution in [0, 0.1) is 0 Å². The van der Waals surface area contributed by atoms with Crippen molar-refractivity contribution in [2.24, 2.45) is 0 Å². The first-order valence-electron chi connectivity index (χ1n) is 3.81. The molecule has 3 nitrogen and oxygen atoms in total. The molecule has 0 heterocycles. The number of urea groups is 1. The number of rotatable bonds is 6. The summed E-state index contributed by atoms with van der Waals surface area (Å²) >= 11 is 3.45. The van der Waals surface area contributed by atoms with Crippen molar-refractivity contribution in [3.63, 3.8) is 0 Å². The van der Waals surface area contributed by atoms with E-state index in [2.05, 4.69) is 10.6 Å². The zero-order valence-electron chi connectivity index (χ0n) is 7.55. The predicted octanol–water partition coefficient (Wildman–Crippen LogP) is 1.01. The molecule has 72 valence electrons. The summed E-state index contributed by atoms with van der Waals surface area (Å²) in [5.41, 5.74) is 0. The van der Waals surface area contributed by atoms with Crippen LogP contribution in [-0.2, 0) is 0 Å². The fourth-order valence-electron chi connectivity index (χ4n) is 0.596. The highest BCUT2D eigenvalue weighted by Gasteiger charge is 1.95. The normalized spacial score (nSPS) is 9.50. The number of hydrogen-bond donors (Lipinski definition) is 2. The lowest BCUT2D eigenvalue weighted by atomic mass is 10.7. The van der Waals surface area contributed by atoms with Crippen LogP contribution >= 0.6 is 23.5 Å². The number of carbonyl (C=O) groups is 1. The third-order valence-electron chi connectivity index (χ3n) is 1.18. The summed E-state index contributed by atoms with van der Waals surface area (Å²) < 4.78 is 0. The molecule has 5 heteroatoms. The topological polar surface area (TPSA) is 41.1 Å². The van der Waals surface area contributed by atoms with Crippen molar-refractivity contribution in [2.45, 2.75) is 0 Å². The minimum atomic E-state index is -0.0573. The number of hydrogen-bond acceptors (Lipinski definition) is 3. The summed E-state index contributed by atoms with van der Waals surface area (Å²) in [5, 5.41) is 5.52. The van der Waals surface area contributed by atoms with Gasteiger partial charge >= 0.3 is 6.03 Å². The number of nitrogens with one attached hydrogen (secondary N) is 2. The molecule has 0 spiro atoms. The Kier molecular flexibility index (Phi) is 9.04. The Morgan fingerprint density at radius 1 is 1.08 bits per heavy atom. The van der Waals surface area contributed by atoms with Crippen molar-refractivity contribution < 1.29 is 4.79 Å². The Hall–Kier alpha value is -0.0300. The van der Waals surface area contributed by atoms with Crippen LogP contribution in [0.25, 0.3) is 0 Å². The van der Waals surface area contributed by atoms with Crippen molar-refractivity contribution in [2.75, 3.05) is 37.1 Å². The van der Waals surface area contributed by atoms with Gasteiger partial charge in [0, 0.05) is 24.6 Å². The highest BCUT2D eigenvalue weighted by atomic mass is 32.2. The number of amides is 2. The van der Waals surface area contributed by atoms with E-state index in [0.29, 0.717) is 0 Å². The van der Waals surface area contributed by atoms with Gasteiger partial charge < -0.3 is 10.6 Å². The average Bonchev–Trinajstić information content (AvgIpc) is 2.06. The Bertz CT molecular complexity index is 110. The molecule has 0 aromatic carbocycles. The van der Waals surface area contributed by atoms with Crippen molar-refractivity contribution in [1.29, 1.82) is 0 Å². The van der Waals surface area contributed by atoms with Gasteiger partial charge in [-0.2, -0.15) is 23.5 Å². The van der Waals surface area contributed by atoms with E-state index in [-0.39, 0.29) is 6.03 Å². The molecule has 0 aromatic heterocycles. The van der Waals surface area contributed by atoms with E-state index in [9.17, 15) is 4.79 Å². The van der Waals surface area contributed by atoms with Gasteiger partial charge in [-0.1, -0.05) is 0 Å². The van der Waals surface area contributed by atoms with Gasteiger partial charge in [-0.05, 0) is 12.5 Å². The maximum absolute atomic E-state index is 11.0. The molecule has 0 aliphatic rings. The molecular formula is C7H16N2OS2. The van der Waals surface area contributed by atoms with Gasteiger partial charge in [0.25, 0.3) is 0 Å². The molecule has 12 heavy (non-hydrogen) atoms. The van der Waals surface area contributed by atoms with Crippen molar-refractivity contribution >= 4 is 29.6 Å². The fourth-order valence-corrected chi connectivity index (χ4v) is 1.21. The zero-order chi connectivity index (χ0) is 9.23. The van der Waals surface area contributed by atoms with Crippen molar-refractivity contribution in [1.82, 2.24) is 10.6 Å². The standard InChI is InChI=1S/C7H16N2OS2/c1-11-5-3-8-7(10)9-4-6-12-2/h3-6H2,1-2H3,(H2,8,9,10). The molecule has 0 fully saturated rings. The highest BCUT2D eigenvalue weighted by Crippen LogP contribution is 1.88. The molecule has 0 aliphatic carbocycles. The van der Waals surface area contributed by atoms with E-state index in [1.54, 1.807) is 23.5 Å². The summed E-state index contributed by atoms with van der Waals surface area (Å²) in [6.45, 7) is 1.48. The minimum Gasteiger partial charge on any atom is -0.337 e. The van der Waals surface area contributed by atoms with Crippen LogP contribution in [-0.4, -0.2) is 43.1 Å². The van der Waals surface area contributed by atoms with E-state index in [1.165, 1.54) is 0 Å². The molecule has 2 N–H and O–H groups in total. The molecule has 0 rings (SSSR count). The number of carbonyl (C=O) groups excluding carboxylic acids is 1. The van der Waals surface area contributed by atoms with Crippen molar-refractivity contribution in [3.05, 3.63) is 0 Å². The monoisotopic (exact) mass is 208 g/mol. The van der Waals surface area contributed by atoms with Gasteiger partial charge in [0.15, 0.2) is 0 Å². The summed E-state index contributed by atoms with van der Waals surface area (Å²) in [4.78, 5) is 11.0.